The molecule has 0 aliphatic carbocycles. The number of nitrogens with zero attached hydrogens (tertiary/aromatic N) is 3. The summed E-state index contributed by atoms with van der Waals surface area (Å²) in [6, 6.07) is 8.95. The van der Waals surface area contributed by atoms with Crippen molar-refractivity contribution in [1.29, 1.82) is 0 Å². The summed E-state index contributed by atoms with van der Waals surface area (Å²) in [6.45, 7) is 5.50. The molecular formula is C18H22N4O3. The highest BCUT2D eigenvalue weighted by molar-refractivity contribution is 5.94. The second-order valence-electron chi connectivity index (χ2n) is 5.90. The van der Waals surface area contributed by atoms with Gasteiger partial charge >= 0.3 is 0 Å². The molecule has 7 nitrogen and oxygen atoms in total. The Hall–Kier alpha value is -2.96. The molecule has 1 N–H and O–H groups in total. The number of aryl methyl sites for hydroxylation is 1. The number of benzene rings is 1. The van der Waals surface area contributed by atoms with E-state index in [1.165, 1.54) is 17.3 Å². The lowest BCUT2D eigenvalue weighted by atomic mass is 10.2. The molecule has 2 amide bonds. The highest BCUT2D eigenvalue weighted by Crippen LogP contribution is 2.12. The van der Waals surface area contributed by atoms with Crippen LogP contribution in [0.3, 0.4) is 0 Å². The number of hydrogen-bond acceptors (Lipinski definition) is 5. The van der Waals surface area contributed by atoms with Crippen LogP contribution in [0.5, 0.6) is 5.75 Å². The largest absolute Gasteiger partial charge is 0.484 e. The molecule has 0 radical (unpaired) electrons. The van der Waals surface area contributed by atoms with E-state index in [0.29, 0.717) is 11.4 Å². The second kappa shape index (κ2) is 8.77. The van der Waals surface area contributed by atoms with Crippen molar-refractivity contribution in [2.24, 2.45) is 0 Å². The number of ether oxygens (including phenoxy) is 1. The first-order valence-corrected chi connectivity index (χ1v) is 8.01. The maximum absolute atomic E-state index is 12.4. The van der Waals surface area contributed by atoms with E-state index in [-0.39, 0.29) is 31.0 Å². The Kier molecular flexibility index (Phi) is 6.45. The summed E-state index contributed by atoms with van der Waals surface area (Å²) in [7, 11) is 0. The normalized spacial score (nSPS) is 10.4. The number of carbonyl (C=O) groups is 2. The van der Waals surface area contributed by atoms with Gasteiger partial charge in [-0.25, -0.2) is 0 Å². The number of carbonyl (C=O) groups excluding carboxylic acids is 2. The van der Waals surface area contributed by atoms with Gasteiger partial charge in [-0.05, 0) is 39.0 Å². The van der Waals surface area contributed by atoms with E-state index in [4.69, 9.17) is 4.74 Å². The van der Waals surface area contributed by atoms with E-state index in [0.717, 1.165) is 5.56 Å². The first-order chi connectivity index (χ1) is 12.0. The smallest absolute Gasteiger partial charge is 0.261 e. The number of anilines is 1. The van der Waals surface area contributed by atoms with E-state index < -0.39 is 0 Å². The van der Waals surface area contributed by atoms with Crippen molar-refractivity contribution in [3.8, 4) is 5.75 Å². The number of rotatable bonds is 7. The molecule has 0 aliphatic heterocycles. The van der Waals surface area contributed by atoms with Gasteiger partial charge in [0.1, 0.15) is 12.3 Å². The standard InChI is InChI=1S/C18H22N4O3/c1-13(2)22(11-17(23)21-15-8-9-19-20-10-15)18(24)12-25-16-6-4-14(3)5-7-16/h4-10,13H,11-12H2,1-3H3,(H,19,21,23). The SMILES string of the molecule is Cc1ccc(OCC(=O)N(CC(=O)Nc2ccnnc2)C(C)C)cc1. The summed E-state index contributed by atoms with van der Waals surface area (Å²) in [5.74, 6) is 0.0685. The Morgan fingerprint density at radius 1 is 1.16 bits per heavy atom. The molecule has 1 heterocycles. The molecule has 2 aromatic rings. The lowest BCUT2D eigenvalue weighted by molar-refractivity contribution is -0.138. The summed E-state index contributed by atoms with van der Waals surface area (Å²) >= 11 is 0. The monoisotopic (exact) mass is 342 g/mol. The number of nitrogens with one attached hydrogen (secondary N) is 1. The molecular weight excluding hydrogens is 320 g/mol. The number of amides is 2. The van der Waals surface area contributed by atoms with Gasteiger partial charge in [0, 0.05) is 6.04 Å². The van der Waals surface area contributed by atoms with Crippen LogP contribution in [0.25, 0.3) is 0 Å². The lowest BCUT2D eigenvalue weighted by Crippen LogP contribution is -2.44. The predicted octanol–water partition coefficient (Wildman–Crippen LogP) is 2.04. The molecule has 0 unspecified atom stereocenters. The van der Waals surface area contributed by atoms with Gasteiger partial charge in [0.2, 0.25) is 5.91 Å². The van der Waals surface area contributed by atoms with Crippen LogP contribution < -0.4 is 10.1 Å². The Labute approximate surface area is 147 Å². The number of aromatic nitrogens is 2. The van der Waals surface area contributed by atoms with Crippen molar-refractivity contribution in [1.82, 2.24) is 15.1 Å². The van der Waals surface area contributed by atoms with E-state index in [2.05, 4.69) is 15.5 Å². The third-order valence-electron chi connectivity index (χ3n) is 3.51. The first kappa shape index (κ1) is 18.4. The second-order valence-corrected chi connectivity index (χ2v) is 5.90. The fourth-order valence-electron chi connectivity index (χ4n) is 2.14. The van der Waals surface area contributed by atoms with Crippen molar-refractivity contribution < 1.29 is 14.3 Å². The maximum Gasteiger partial charge on any atom is 0.261 e. The molecule has 0 saturated heterocycles. The Morgan fingerprint density at radius 2 is 1.88 bits per heavy atom. The van der Waals surface area contributed by atoms with Crippen LogP contribution in [-0.2, 0) is 9.59 Å². The van der Waals surface area contributed by atoms with E-state index in [9.17, 15) is 9.59 Å². The van der Waals surface area contributed by atoms with Gasteiger partial charge < -0.3 is 15.0 Å². The molecule has 0 atom stereocenters. The summed E-state index contributed by atoms with van der Waals surface area (Å²) in [4.78, 5) is 26.0. The molecule has 0 spiro atoms. The maximum atomic E-state index is 12.4. The van der Waals surface area contributed by atoms with Gasteiger partial charge in [0.05, 0.1) is 18.1 Å². The fraction of sp³-hybridized carbons (Fsp3) is 0.333. The highest BCUT2D eigenvalue weighted by Gasteiger charge is 2.20. The Bertz CT molecular complexity index is 702. The quantitative estimate of drug-likeness (QED) is 0.832. The summed E-state index contributed by atoms with van der Waals surface area (Å²) in [6.07, 6.45) is 2.93. The molecule has 7 heteroatoms. The summed E-state index contributed by atoms with van der Waals surface area (Å²) in [5.41, 5.74) is 1.65. The van der Waals surface area contributed by atoms with Crippen molar-refractivity contribution in [2.45, 2.75) is 26.8 Å². The highest BCUT2D eigenvalue weighted by atomic mass is 16.5. The third-order valence-corrected chi connectivity index (χ3v) is 3.51. The van der Waals surface area contributed by atoms with Crippen molar-refractivity contribution in [2.75, 3.05) is 18.5 Å². The van der Waals surface area contributed by atoms with Crippen molar-refractivity contribution >= 4 is 17.5 Å². The van der Waals surface area contributed by atoms with Crippen molar-refractivity contribution in [3.63, 3.8) is 0 Å². The number of hydrogen-bond donors (Lipinski definition) is 1. The third kappa shape index (κ3) is 5.87. The molecule has 25 heavy (non-hydrogen) atoms. The zero-order chi connectivity index (χ0) is 18.2. The predicted molar refractivity (Wildman–Crippen MR) is 94.2 cm³/mol. The Morgan fingerprint density at radius 3 is 2.48 bits per heavy atom. The topological polar surface area (TPSA) is 84.4 Å². The van der Waals surface area contributed by atoms with Gasteiger partial charge in [0.15, 0.2) is 6.61 Å². The minimum atomic E-state index is -0.301. The fourth-order valence-corrected chi connectivity index (χ4v) is 2.14. The van der Waals surface area contributed by atoms with E-state index in [1.807, 2.05) is 45.0 Å². The van der Waals surface area contributed by atoms with Gasteiger partial charge in [-0.15, -0.1) is 0 Å². The van der Waals surface area contributed by atoms with Gasteiger partial charge in [-0.2, -0.15) is 10.2 Å². The minimum Gasteiger partial charge on any atom is -0.484 e. The van der Waals surface area contributed by atoms with Gasteiger partial charge in [-0.1, -0.05) is 17.7 Å². The average molecular weight is 342 g/mol. The van der Waals surface area contributed by atoms with Crippen LogP contribution in [0, 0.1) is 6.92 Å². The molecule has 1 aromatic carbocycles. The van der Waals surface area contributed by atoms with Gasteiger partial charge in [0.25, 0.3) is 5.91 Å². The van der Waals surface area contributed by atoms with Crippen LogP contribution in [0.15, 0.2) is 42.7 Å². The summed E-state index contributed by atoms with van der Waals surface area (Å²) in [5, 5.41) is 10.0. The molecule has 2 rings (SSSR count). The summed E-state index contributed by atoms with van der Waals surface area (Å²) < 4.78 is 5.51. The molecule has 0 saturated carbocycles. The van der Waals surface area contributed by atoms with Crippen molar-refractivity contribution in [3.05, 3.63) is 48.3 Å². The van der Waals surface area contributed by atoms with Crippen LogP contribution in [-0.4, -0.2) is 46.1 Å². The zero-order valence-corrected chi connectivity index (χ0v) is 14.6. The molecule has 0 bridgehead atoms. The Balaban J connectivity index is 1.91. The van der Waals surface area contributed by atoms with E-state index >= 15 is 0 Å². The van der Waals surface area contributed by atoms with E-state index in [1.54, 1.807) is 6.07 Å². The average Bonchev–Trinajstić information content (AvgIpc) is 2.59. The van der Waals surface area contributed by atoms with Crippen LogP contribution in [0.2, 0.25) is 0 Å². The molecule has 1 aromatic heterocycles. The first-order valence-electron chi connectivity index (χ1n) is 8.01. The lowest BCUT2D eigenvalue weighted by Gasteiger charge is -2.26. The molecule has 132 valence electrons. The zero-order valence-electron chi connectivity index (χ0n) is 14.6. The van der Waals surface area contributed by atoms with Crippen LogP contribution in [0.4, 0.5) is 5.69 Å². The van der Waals surface area contributed by atoms with Gasteiger partial charge in [-0.3, -0.25) is 9.59 Å². The molecule has 0 fully saturated rings. The van der Waals surface area contributed by atoms with Crippen LogP contribution in [0.1, 0.15) is 19.4 Å². The minimum absolute atomic E-state index is 0.0594. The molecule has 0 aliphatic rings. The van der Waals surface area contributed by atoms with Crippen LogP contribution >= 0.6 is 0 Å².